The molecular weight excluding hydrogens is 281 g/mol. The van der Waals surface area contributed by atoms with E-state index in [0.29, 0.717) is 10.6 Å². The van der Waals surface area contributed by atoms with Crippen molar-refractivity contribution in [2.75, 3.05) is 6.54 Å². The minimum absolute atomic E-state index is 0.161. The monoisotopic (exact) mass is 291 g/mol. The van der Waals surface area contributed by atoms with E-state index in [1.54, 1.807) is 6.92 Å². The summed E-state index contributed by atoms with van der Waals surface area (Å²) in [6, 6.07) is 5.94. The fraction of sp³-hybridized carbons (Fsp3) is 0.182. The number of halogens is 2. The molecule has 6 heteroatoms. The lowest BCUT2D eigenvalue weighted by molar-refractivity contribution is 0.584. The Labute approximate surface area is 111 Å². The zero-order valence-electron chi connectivity index (χ0n) is 9.07. The van der Waals surface area contributed by atoms with Crippen molar-refractivity contribution in [3.8, 4) is 0 Å². The first-order valence-electron chi connectivity index (χ1n) is 4.72. The summed E-state index contributed by atoms with van der Waals surface area (Å²) in [6.45, 7) is 1.89. The largest absolute Gasteiger partial charge is 0.240 e. The van der Waals surface area contributed by atoms with Crippen molar-refractivity contribution < 1.29 is 8.42 Å². The molecule has 0 atom stereocenters. The minimum atomic E-state index is -3.52. The average molecular weight is 292 g/mol. The van der Waals surface area contributed by atoms with Gasteiger partial charge in [-0.1, -0.05) is 23.2 Å². The van der Waals surface area contributed by atoms with Crippen LogP contribution >= 0.6 is 23.2 Å². The highest BCUT2D eigenvalue weighted by Crippen LogP contribution is 2.13. The summed E-state index contributed by atoms with van der Waals surface area (Å²) in [7, 11) is -3.52. The second kappa shape index (κ2) is 6.24. The molecule has 1 N–H and O–H groups in total. The van der Waals surface area contributed by atoms with Crippen LogP contribution in [0.3, 0.4) is 0 Å². The zero-order chi connectivity index (χ0) is 12.9. The summed E-state index contributed by atoms with van der Waals surface area (Å²) in [5.41, 5.74) is 4.59. The van der Waals surface area contributed by atoms with Crippen LogP contribution in [0.1, 0.15) is 6.92 Å². The van der Waals surface area contributed by atoms with Crippen LogP contribution in [0, 0.1) is 0 Å². The van der Waals surface area contributed by atoms with Gasteiger partial charge in [0.05, 0.1) is 4.90 Å². The topological polar surface area (TPSA) is 46.2 Å². The molecule has 1 aromatic rings. The molecule has 0 bridgehead atoms. The number of hydrogen-bond acceptors (Lipinski definition) is 2. The molecule has 0 aliphatic rings. The van der Waals surface area contributed by atoms with Crippen LogP contribution in [0.25, 0.3) is 0 Å². The molecule has 0 fully saturated rings. The average Bonchev–Trinajstić information content (AvgIpc) is 2.28. The number of benzene rings is 1. The molecule has 17 heavy (non-hydrogen) atoms. The molecule has 0 unspecified atom stereocenters. The van der Waals surface area contributed by atoms with E-state index in [-0.39, 0.29) is 11.4 Å². The van der Waals surface area contributed by atoms with E-state index in [0.717, 1.165) is 0 Å². The Morgan fingerprint density at radius 2 is 2.00 bits per heavy atom. The molecule has 0 saturated heterocycles. The summed E-state index contributed by atoms with van der Waals surface area (Å²) in [6.07, 6.45) is 0. The van der Waals surface area contributed by atoms with E-state index in [4.69, 9.17) is 23.2 Å². The maximum absolute atomic E-state index is 11.8. The lowest BCUT2D eigenvalue weighted by Gasteiger charge is -2.05. The quantitative estimate of drug-likeness (QED) is 0.867. The van der Waals surface area contributed by atoms with Crippen LogP contribution in [0.15, 0.2) is 46.0 Å². The van der Waals surface area contributed by atoms with Crippen LogP contribution in [-0.2, 0) is 10.0 Å². The molecule has 0 radical (unpaired) electrons. The fourth-order valence-electron chi connectivity index (χ4n) is 1.04. The highest BCUT2D eigenvalue weighted by atomic mass is 35.5. The van der Waals surface area contributed by atoms with Gasteiger partial charge < -0.3 is 0 Å². The molecule has 0 saturated carbocycles. The van der Waals surface area contributed by atoms with Crippen molar-refractivity contribution in [3.05, 3.63) is 46.1 Å². The van der Waals surface area contributed by atoms with Crippen molar-refractivity contribution in [3.63, 3.8) is 0 Å². The van der Waals surface area contributed by atoms with Crippen molar-refractivity contribution in [2.24, 2.45) is 0 Å². The molecular formula is C11H11Cl2NO2S. The van der Waals surface area contributed by atoms with Crippen molar-refractivity contribution in [2.45, 2.75) is 11.8 Å². The number of rotatable bonds is 4. The van der Waals surface area contributed by atoms with Gasteiger partial charge in [-0.25, -0.2) is 13.1 Å². The Balaban J connectivity index is 2.83. The third-order valence-electron chi connectivity index (χ3n) is 1.95. The first-order valence-corrected chi connectivity index (χ1v) is 7.01. The smallest absolute Gasteiger partial charge is 0.207 e. The molecule has 92 valence electrons. The predicted molar refractivity (Wildman–Crippen MR) is 69.8 cm³/mol. The van der Waals surface area contributed by atoms with E-state index < -0.39 is 10.0 Å². The first-order chi connectivity index (χ1) is 7.95. The van der Waals surface area contributed by atoms with Crippen LogP contribution < -0.4 is 4.72 Å². The molecule has 0 aromatic heterocycles. The van der Waals surface area contributed by atoms with Crippen molar-refractivity contribution >= 4 is 33.2 Å². The minimum Gasteiger partial charge on any atom is -0.207 e. The Hall–Kier alpha value is -0.770. The molecule has 1 rings (SSSR count). The summed E-state index contributed by atoms with van der Waals surface area (Å²) >= 11 is 11.0. The molecule has 0 amide bonds. The maximum Gasteiger partial charge on any atom is 0.240 e. The van der Waals surface area contributed by atoms with Crippen molar-refractivity contribution in [1.82, 2.24) is 4.72 Å². The van der Waals surface area contributed by atoms with Gasteiger partial charge in [-0.05, 0) is 36.8 Å². The zero-order valence-corrected chi connectivity index (χ0v) is 11.4. The standard InChI is InChI=1S/C11H11Cl2NO2S/c1-9(6-7-12)8-14-17(15,16)11-4-2-10(13)3-5-11/h2-5,7,14H,8H2,1H3. The first kappa shape index (κ1) is 14.3. The summed E-state index contributed by atoms with van der Waals surface area (Å²) in [4.78, 5) is 0.171. The molecule has 0 spiro atoms. The number of nitrogens with one attached hydrogen (secondary N) is 1. The van der Waals surface area contributed by atoms with Gasteiger partial charge in [-0.2, -0.15) is 0 Å². The van der Waals surface area contributed by atoms with Crippen LogP contribution in [0.5, 0.6) is 0 Å². The lowest BCUT2D eigenvalue weighted by Crippen LogP contribution is -2.25. The van der Waals surface area contributed by atoms with E-state index in [1.807, 2.05) is 0 Å². The van der Waals surface area contributed by atoms with Gasteiger partial charge in [0.1, 0.15) is 0 Å². The lowest BCUT2D eigenvalue weighted by atomic mass is 10.3. The second-order valence-corrected chi connectivity index (χ2v) is 5.73. The third-order valence-corrected chi connectivity index (χ3v) is 3.73. The van der Waals surface area contributed by atoms with Gasteiger partial charge in [0.2, 0.25) is 10.0 Å². The van der Waals surface area contributed by atoms with Gasteiger partial charge in [-0.15, -0.1) is 5.73 Å². The predicted octanol–water partition coefficient (Wildman–Crippen LogP) is 2.92. The van der Waals surface area contributed by atoms with Crippen LogP contribution in [-0.4, -0.2) is 15.0 Å². The number of hydrogen-bond donors (Lipinski definition) is 1. The molecule has 1 aromatic carbocycles. The highest BCUT2D eigenvalue weighted by molar-refractivity contribution is 7.89. The Morgan fingerprint density at radius 1 is 1.41 bits per heavy atom. The van der Waals surface area contributed by atoms with Gasteiger partial charge in [0.25, 0.3) is 0 Å². The Morgan fingerprint density at radius 3 is 2.53 bits per heavy atom. The summed E-state index contributed by atoms with van der Waals surface area (Å²) < 4.78 is 26.1. The van der Waals surface area contributed by atoms with Gasteiger partial charge >= 0.3 is 0 Å². The van der Waals surface area contributed by atoms with E-state index in [9.17, 15) is 8.42 Å². The van der Waals surface area contributed by atoms with Crippen LogP contribution in [0.4, 0.5) is 0 Å². The maximum atomic E-state index is 11.8. The van der Waals surface area contributed by atoms with Crippen LogP contribution in [0.2, 0.25) is 5.02 Å². The normalized spacial score (nSPS) is 10.8. The summed E-state index contributed by atoms with van der Waals surface area (Å²) in [5.74, 6) is 0. The highest BCUT2D eigenvalue weighted by Gasteiger charge is 2.12. The molecule has 0 aliphatic carbocycles. The van der Waals surface area contributed by atoms with Gasteiger partial charge in [0, 0.05) is 17.1 Å². The third kappa shape index (κ3) is 4.54. The Bertz CT molecular complexity index is 543. The van der Waals surface area contributed by atoms with Gasteiger partial charge in [-0.3, -0.25) is 0 Å². The summed E-state index contributed by atoms with van der Waals surface area (Å²) in [5, 5.41) is 0.491. The van der Waals surface area contributed by atoms with Crippen molar-refractivity contribution in [1.29, 1.82) is 0 Å². The van der Waals surface area contributed by atoms with E-state index in [2.05, 4.69) is 10.5 Å². The Kier molecular flexibility index (Phi) is 5.25. The second-order valence-electron chi connectivity index (χ2n) is 3.31. The number of sulfonamides is 1. The van der Waals surface area contributed by atoms with E-state index in [1.165, 1.54) is 29.8 Å². The molecule has 0 aliphatic heterocycles. The van der Waals surface area contributed by atoms with E-state index >= 15 is 0 Å². The van der Waals surface area contributed by atoms with Gasteiger partial charge in [0.15, 0.2) is 0 Å². The fourth-order valence-corrected chi connectivity index (χ4v) is 2.42. The molecule has 3 nitrogen and oxygen atoms in total. The SMILES string of the molecule is CC(=C=CCl)CNS(=O)(=O)c1ccc(Cl)cc1. The molecule has 0 heterocycles.